The van der Waals surface area contributed by atoms with Gasteiger partial charge < -0.3 is 10.4 Å². The number of carboxylic acids is 1. The maximum atomic E-state index is 12.0. The Hall–Kier alpha value is -1.93. The minimum absolute atomic E-state index is 0.112. The number of primary sulfonamides is 1. The van der Waals surface area contributed by atoms with Crippen molar-refractivity contribution in [2.45, 2.75) is 38.1 Å². The van der Waals surface area contributed by atoms with E-state index in [9.17, 15) is 18.0 Å². The zero-order valence-electron chi connectivity index (χ0n) is 12.0. The number of carboxylic acid groups (broad SMARTS) is 1. The van der Waals surface area contributed by atoms with Crippen LogP contribution in [-0.2, 0) is 14.8 Å². The average molecular weight is 314 g/mol. The van der Waals surface area contributed by atoms with E-state index >= 15 is 0 Å². The Bertz CT molecular complexity index is 682. The number of aliphatic carboxylic acids is 1. The van der Waals surface area contributed by atoms with Gasteiger partial charge in [-0.3, -0.25) is 9.59 Å². The predicted molar refractivity (Wildman–Crippen MR) is 76.5 cm³/mol. The second kappa shape index (κ2) is 6.23. The highest BCUT2D eigenvalue weighted by Gasteiger charge is 2.19. The van der Waals surface area contributed by atoms with Crippen molar-refractivity contribution in [3.05, 3.63) is 28.8 Å². The number of benzene rings is 1. The Balaban J connectivity index is 3.12. The van der Waals surface area contributed by atoms with Gasteiger partial charge in [0.15, 0.2) is 0 Å². The van der Waals surface area contributed by atoms with Crippen LogP contribution in [0.3, 0.4) is 0 Å². The summed E-state index contributed by atoms with van der Waals surface area (Å²) in [7, 11) is -3.93. The van der Waals surface area contributed by atoms with E-state index in [1.54, 1.807) is 20.8 Å². The molecule has 21 heavy (non-hydrogen) atoms. The number of hydrogen-bond donors (Lipinski definition) is 3. The van der Waals surface area contributed by atoms with Crippen molar-refractivity contribution in [3.8, 4) is 0 Å². The molecule has 1 unspecified atom stereocenters. The third-order valence-electron chi connectivity index (χ3n) is 3.05. The van der Waals surface area contributed by atoms with E-state index in [4.69, 9.17) is 10.2 Å². The molecule has 0 saturated carbocycles. The SMILES string of the molecule is Cc1cc(C(=O)NC(C)CC(=O)O)cc(S(N)(=O)=O)c1C. The van der Waals surface area contributed by atoms with Crippen molar-refractivity contribution < 1.29 is 23.1 Å². The fourth-order valence-corrected chi connectivity index (χ4v) is 2.75. The van der Waals surface area contributed by atoms with Crippen molar-refractivity contribution in [2.75, 3.05) is 0 Å². The molecule has 7 nitrogen and oxygen atoms in total. The molecule has 0 aliphatic rings. The summed E-state index contributed by atoms with van der Waals surface area (Å²) in [5, 5.41) is 16.3. The molecule has 1 aromatic rings. The van der Waals surface area contributed by atoms with Crippen LogP contribution in [0.25, 0.3) is 0 Å². The Morgan fingerprint density at radius 1 is 1.33 bits per heavy atom. The molecule has 0 aromatic heterocycles. The first-order valence-electron chi connectivity index (χ1n) is 6.19. The fraction of sp³-hybridized carbons (Fsp3) is 0.385. The highest BCUT2D eigenvalue weighted by molar-refractivity contribution is 7.89. The van der Waals surface area contributed by atoms with Crippen LogP contribution in [0.4, 0.5) is 0 Å². The summed E-state index contributed by atoms with van der Waals surface area (Å²) in [6, 6.07) is 2.15. The van der Waals surface area contributed by atoms with E-state index in [1.807, 2.05) is 0 Å². The summed E-state index contributed by atoms with van der Waals surface area (Å²) < 4.78 is 23.0. The van der Waals surface area contributed by atoms with Crippen molar-refractivity contribution in [2.24, 2.45) is 5.14 Å². The van der Waals surface area contributed by atoms with E-state index in [0.717, 1.165) is 0 Å². The number of carbonyl (C=O) groups is 2. The van der Waals surface area contributed by atoms with Crippen LogP contribution < -0.4 is 10.5 Å². The smallest absolute Gasteiger partial charge is 0.305 e. The molecule has 1 aromatic carbocycles. The zero-order chi connectivity index (χ0) is 16.4. The molecule has 0 bridgehead atoms. The van der Waals surface area contributed by atoms with Gasteiger partial charge in [-0.25, -0.2) is 13.6 Å². The van der Waals surface area contributed by atoms with Crippen molar-refractivity contribution in [3.63, 3.8) is 0 Å². The van der Waals surface area contributed by atoms with Gasteiger partial charge in [0.1, 0.15) is 0 Å². The molecule has 4 N–H and O–H groups in total. The van der Waals surface area contributed by atoms with Gasteiger partial charge >= 0.3 is 5.97 Å². The lowest BCUT2D eigenvalue weighted by atomic mass is 10.1. The number of aryl methyl sites for hydroxylation is 1. The normalized spacial score (nSPS) is 12.8. The first kappa shape index (κ1) is 17.1. The molecule has 116 valence electrons. The van der Waals surface area contributed by atoms with Crippen LogP contribution in [0, 0.1) is 13.8 Å². The summed E-state index contributed by atoms with van der Waals surface area (Å²) in [6.45, 7) is 4.82. The molecular formula is C13H18N2O5S. The van der Waals surface area contributed by atoms with Gasteiger partial charge in [0.05, 0.1) is 11.3 Å². The molecule has 1 atom stereocenters. The molecule has 8 heteroatoms. The van der Waals surface area contributed by atoms with Gasteiger partial charge in [0.25, 0.3) is 5.91 Å². The lowest BCUT2D eigenvalue weighted by Crippen LogP contribution is -2.34. The summed E-state index contributed by atoms with van der Waals surface area (Å²) in [6.07, 6.45) is -0.224. The molecule has 1 amide bonds. The van der Waals surface area contributed by atoms with Crippen molar-refractivity contribution in [1.82, 2.24) is 5.32 Å². The van der Waals surface area contributed by atoms with Crippen LogP contribution in [0.2, 0.25) is 0 Å². The number of hydrogen-bond acceptors (Lipinski definition) is 4. The Kier molecular flexibility index (Phi) is 5.08. The number of amides is 1. The van der Waals surface area contributed by atoms with Crippen LogP contribution in [0.1, 0.15) is 34.8 Å². The standard InChI is InChI=1S/C13H18N2O5S/c1-7-4-10(6-11(9(7)3)21(14,19)20)13(18)15-8(2)5-12(16)17/h4,6,8H,5H2,1-3H3,(H,15,18)(H,16,17)(H2,14,19,20). The Morgan fingerprint density at radius 3 is 2.38 bits per heavy atom. The van der Waals surface area contributed by atoms with E-state index in [1.165, 1.54) is 12.1 Å². The Labute approximate surface area is 123 Å². The minimum Gasteiger partial charge on any atom is -0.481 e. The molecule has 1 rings (SSSR count). The number of nitrogens with two attached hydrogens (primary N) is 1. The highest BCUT2D eigenvalue weighted by Crippen LogP contribution is 2.20. The molecule has 0 spiro atoms. The molecule has 0 heterocycles. The first-order chi connectivity index (χ1) is 9.52. The van der Waals surface area contributed by atoms with Gasteiger partial charge in [-0.2, -0.15) is 0 Å². The summed E-state index contributed by atoms with van der Waals surface area (Å²) in [5.74, 6) is -1.58. The predicted octanol–water partition coefficient (Wildman–Crippen LogP) is 0.544. The van der Waals surface area contributed by atoms with Crippen LogP contribution >= 0.6 is 0 Å². The van der Waals surface area contributed by atoms with Gasteiger partial charge in [-0.05, 0) is 44.0 Å². The molecule has 0 aliphatic heterocycles. The van der Waals surface area contributed by atoms with E-state index in [2.05, 4.69) is 5.32 Å². The maximum absolute atomic E-state index is 12.0. The van der Waals surface area contributed by atoms with E-state index < -0.39 is 27.9 Å². The van der Waals surface area contributed by atoms with E-state index in [0.29, 0.717) is 11.1 Å². The van der Waals surface area contributed by atoms with Crippen LogP contribution in [0.5, 0.6) is 0 Å². The molecule has 0 fully saturated rings. The lowest BCUT2D eigenvalue weighted by Gasteiger charge is -2.14. The first-order valence-corrected chi connectivity index (χ1v) is 7.73. The fourth-order valence-electron chi connectivity index (χ4n) is 1.87. The third kappa shape index (κ3) is 4.54. The van der Waals surface area contributed by atoms with Crippen LogP contribution in [0.15, 0.2) is 17.0 Å². The van der Waals surface area contributed by atoms with Gasteiger partial charge in [0.2, 0.25) is 10.0 Å². The molecule has 0 saturated heterocycles. The van der Waals surface area contributed by atoms with Crippen molar-refractivity contribution in [1.29, 1.82) is 0 Å². The maximum Gasteiger partial charge on any atom is 0.305 e. The summed E-state index contributed by atoms with van der Waals surface area (Å²) in [4.78, 5) is 22.5. The van der Waals surface area contributed by atoms with Crippen LogP contribution in [-0.4, -0.2) is 31.4 Å². The largest absolute Gasteiger partial charge is 0.481 e. The number of nitrogens with one attached hydrogen (secondary N) is 1. The zero-order valence-corrected chi connectivity index (χ0v) is 12.8. The Morgan fingerprint density at radius 2 is 1.90 bits per heavy atom. The lowest BCUT2D eigenvalue weighted by molar-refractivity contribution is -0.137. The monoisotopic (exact) mass is 314 g/mol. The quantitative estimate of drug-likeness (QED) is 0.731. The van der Waals surface area contributed by atoms with Gasteiger partial charge in [-0.15, -0.1) is 0 Å². The second-order valence-corrected chi connectivity index (χ2v) is 6.46. The minimum atomic E-state index is -3.93. The average Bonchev–Trinajstić information content (AvgIpc) is 2.29. The third-order valence-corrected chi connectivity index (χ3v) is 4.08. The van der Waals surface area contributed by atoms with E-state index in [-0.39, 0.29) is 16.9 Å². The summed E-state index contributed by atoms with van der Waals surface area (Å²) in [5.41, 5.74) is 1.21. The highest BCUT2D eigenvalue weighted by atomic mass is 32.2. The topological polar surface area (TPSA) is 127 Å². The molecule has 0 radical (unpaired) electrons. The second-order valence-electron chi connectivity index (χ2n) is 4.93. The molecular weight excluding hydrogens is 296 g/mol. The molecule has 0 aliphatic carbocycles. The number of sulfonamides is 1. The summed E-state index contributed by atoms with van der Waals surface area (Å²) >= 11 is 0. The number of rotatable bonds is 5. The van der Waals surface area contributed by atoms with Gasteiger partial charge in [-0.1, -0.05) is 0 Å². The van der Waals surface area contributed by atoms with Crippen molar-refractivity contribution >= 4 is 21.9 Å². The van der Waals surface area contributed by atoms with Gasteiger partial charge in [0, 0.05) is 11.6 Å². The number of carbonyl (C=O) groups excluding carboxylic acids is 1.